The van der Waals surface area contributed by atoms with Crippen molar-refractivity contribution in [3.8, 4) is 11.8 Å². The Labute approximate surface area is 164 Å². The summed E-state index contributed by atoms with van der Waals surface area (Å²) in [7, 11) is 1.71. The summed E-state index contributed by atoms with van der Waals surface area (Å²) < 4.78 is 38.2. The second kappa shape index (κ2) is 9.33. The van der Waals surface area contributed by atoms with Crippen LogP contribution in [0.5, 0.6) is 0 Å². The maximum Gasteiger partial charge on any atom is 0.416 e. The van der Waals surface area contributed by atoms with Crippen molar-refractivity contribution in [2.45, 2.75) is 50.4 Å². The lowest BCUT2D eigenvalue weighted by Crippen LogP contribution is -2.45. The molecule has 2 fully saturated rings. The number of halogens is 3. The molecule has 152 valence electrons. The van der Waals surface area contributed by atoms with E-state index in [1.807, 2.05) is 0 Å². The number of guanidine groups is 1. The molecule has 1 aromatic rings. The molecule has 28 heavy (non-hydrogen) atoms. The van der Waals surface area contributed by atoms with Crippen LogP contribution in [-0.4, -0.2) is 49.6 Å². The molecule has 1 heterocycles. The summed E-state index contributed by atoms with van der Waals surface area (Å²) in [4.78, 5) is 6.80. The van der Waals surface area contributed by atoms with Crippen LogP contribution in [0, 0.1) is 11.8 Å². The minimum Gasteiger partial charge on any atom is -0.352 e. The van der Waals surface area contributed by atoms with Crippen LogP contribution in [0.25, 0.3) is 0 Å². The molecule has 1 unspecified atom stereocenters. The quantitative estimate of drug-likeness (QED) is 0.471. The third-order valence-corrected chi connectivity index (χ3v) is 5.39. The lowest BCUT2D eigenvalue weighted by Gasteiger charge is -2.24. The first-order valence-electron chi connectivity index (χ1n) is 9.83. The van der Waals surface area contributed by atoms with Gasteiger partial charge in [-0.1, -0.05) is 30.7 Å². The smallest absolute Gasteiger partial charge is 0.352 e. The second-order valence-electron chi connectivity index (χ2n) is 7.37. The fraction of sp³-hybridized carbons (Fsp3) is 0.571. The predicted octanol–water partition coefficient (Wildman–Crippen LogP) is 3.24. The number of hydrogen-bond donors (Lipinski definition) is 2. The van der Waals surface area contributed by atoms with Gasteiger partial charge in [0.05, 0.1) is 12.1 Å². The molecule has 2 N–H and O–H groups in total. The maximum atomic E-state index is 12.7. The fourth-order valence-electron chi connectivity index (χ4n) is 3.94. The Kier molecular flexibility index (Phi) is 6.84. The zero-order valence-corrected chi connectivity index (χ0v) is 16.1. The van der Waals surface area contributed by atoms with Gasteiger partial charge in [0.1, 0.15) is 0 Å². The number of alkyl halides is 3. The molecule has 1 aliphatic carbocycles. The summed E-state index contributed by atoms with van der Waals surface area (Å²) in [6, 6.07) is 6.16. The monoisotopic (exact) mass is 392 g/mol. The van der Waals surface area contributed by atoms with Gasteiger partial charge in [-0.25, -0.2) is 0 Å². The van der Waals surface area contributed by atoms with Gasteiger partial charge in [0.25, 0.3) is 0 Å². The van der Waals surface area contributed by atoms with E-state index in [0.29, 0.717) is 24.1 Å². The molecule has 3 rings (SSSR count). The number of aliphatic imine (C=N–C) groups is 1. The number of benzene rings is 1. The molecular formula is C21H27F3N4. The molecule has 0 bridgehead atoms. The Morgan fingerprint density at radius 2 is 2.04 bits per heavy atom. The van der Waals surface area contributed by atoms with Crippen molar-refractivity contribution in [3.63, 3.8) is 0 Å². The van der Waals surface area contributed by atoms with E-state index in [1.165, 1.54) is 31.7 Å². The van der Waals surface area contributed by atoms with E-state index in [9.17, 15) is 13.2 Å². The van der Waals surface area contributed by atoms with Crippen LogP contribution in [0.15, 0.2) is 29.3 Å². The SMILES string of the molecule is CN=C(NCC#Cc1cccc(C(F)(F)F)c1)NC1CCN(C2CCCC2)C1. The minimum absolute atomic E-state index is 0.314. The van der Waals surface area contributed by atoms with Gasteiger partial charge in [0, 0.05) is 37.8 Å². The predicted molar refractivity (Wildman–Crippen MR) is 105 cm³/mol. The standard InChI is InChI=1S/C21H27F3N4/c1-25-20(27-18-11-13-28(15-18)19-9-2-3-10-19)26-12-5-7-16-6-4-8-17(14-16)21(22,23)24/h4,6,8,14,18-19H,2-3,9-13,15H2,1H3,(H2,25,26,27). The van der Waals surface area contributed by atoms with Crippen molar-refractivity contribution in [2.24, 2.45) is 4.99 Å². The van der Waals surface area contributed by atoms with Gasteiger partial charge in [-0.15, -0.1) is 0 Å². The van der Waals surface area contributed by atoms with E-state index < -0.39 is 11.7 Å². The van der Waals surface area contributed by atoms with E-state index in [0.717, 1.165) is 37.7 Å². The number of likely N-dealkylation sites (tertiary alicyclic amines) is 1. The molecule has 0 radical (unpaired) electrons. The minimum atomic E-state index is -4.35. The highest BCUT2D eigenvalue weighted by Crippen LogP contribution is 2.29. The third kappa shape index (κ3) is 5.65. The van der Waals surface area contributed by atoms with Crippen molar-refractivity contribution in [1.82, 2.24) is 15.5 Å². The van der Waals surface area contributed by atoms with E-state index in [4.69, 9.17) is 0 Å². The molecule has 0 aromatic heterocycles. The number of rotatable bonds is 3. The highest BCUT2D eigenvalue weighted by Gasteiger charge is 2.31. The maximum absolute atomic E-state index is 12.7. The molecule has 4 nitrogen and oxygen atoms in total. The molecule has 0 spiro atoms. The Hall–Kier alpha value is -2.20. The molecule has 1 atom stereocenters. The molecule has 1 saturated heterocycles. The summed E-state index contributed by atoms with van der Waals surface area (Å²) in [6.45, 7) is 2.46. The van der Waals surface area contributed by atoms with E-state index in [-0.39, 0.29) is 0 Å². The first-order chi connectivity index (χ1) is 13.5. The van der Waals surface area contributed by atoms with Crippen molar-refractivity contribution < 1.29 is 13.2 Å². The van der Waals surface area contributed by atoms with Crippen LogP contribution in [0.4, 0.5) is 13.2 Å². The van der Waals surface area contributed by atoms with Gasteiger partial charge in [0.15, 0.2) is 5.96 Å². The number of nitrogens with zero attached hydrogens (tertiary/aromatic N) is 2. The van der Waals surface area contributed by atoms with E-state index >= 15 is 0 Å². The second-order valence-corrected chi connectivity index (χ2v) is 7.37. The highest BCUT2D eigenvalue weighted by atomic mass is 19.4. The molecule has 2 aliphatic rings. The third-order valence-electron chi connectivity index (χ3n) is 5.39. The van der Waals surface area contributed by atoms with Crippen LogP contribution in [0.3, 0.4) is 0 Å². The fourth-order valence-corrected chi connectivity index (χ4v) is 3.94. The first kappa shape index (κ1) is 20.5. The zero-order chi connectivity index (χ0) is 20.0. The first-order valence-corrected chi connectivity index (χ1v) is 9.83. The van der Waals surface area contributed by atoms with Crippen LogP contribution < -0.4 is 10.6 Å². The average molecular weight is 392 g/mol. The summed E-state index contributed by atoms with van der Waals surface area (Å²) >= 11 is 0. The van der Waals surface area contributed by atoms with Gasteiger partial charge in [-0.3, -0.25) is 9.89 Å². The van der Waals surface area contributed by atoms with Crippen molar-refractivity contribution in [3.05, 3.63) is 35.4 Å². The van der Waals surface area contributed by atoms with Crippen molar-refractivity contribution >= 4 is 5.96 Å². The van der Waals surface area contributed by atoms with Crippen LogP contribution >= 0.6 is 0 Å². The van der Waals surface area contributed by atoms with Crippen molar-refractivity contribution in [1.29, 1.82) is 0 Å². The van der Waals surface area contributed by atoms with Crippen molar-refractivity contribution in [2.75, 3.05) is 26.7 Å². The molecule has 1 saturated carbocycles. The van der Waals surface area contributed by atoms with Gasteiger partial charge in [-0.05, 0) is 37.5 Å². The van der Waals surface area contributed by atoms with Crippen LogP contribution in [0.2, 0.25) is 0 Å². The van der Waals surface area contributed by atoms with Gasteiger partial charge in [0.2, 0.25) is 0 Å². The number of nitrogens with one attached hydrogen (secondary N) is 2. The van der Waals surface area contributed by atoms with E-state index in [1.54, 1.807) is 13.1 Å². The molecule has 1 aliphatic heterocycles. The highest BCUT2D eigenvalue weighted by molar-refractivity contribution is 5.80. The Bertz CT molecular complexity index is 742. The summed E-state index contributed by atoms with van der Waals surface area (Å²) in [5.41, 5.74) is -0.333. The van der Waals surface area contributed by atoms with Gasteiger partial charge < -0.3 is 10.6 Å². The van der Waals surface area contributed by atoms with Crippen LogP contribution in [-0.2, 0) is 6.18 Å². The topological polar surface area (TPSA) is 39.7 Å². The summed E-state index contributed by atoms with van der Waals surface area (Å²) in [6.07, 6.45) is 2.04. The lowest BCUT2D eigenvalue weighted by atomic mass is 10.1. The summed E-state index contributed by atoms with van der Waals surface area (Å²) in [5.74, 6) is 6.31. The molecule has 0 amide bonds. The Morgan fingerprint density at radius 1 is 1.25 bits per heavy atom. The largest absolute Gasteiger partial charge is 0.416 e. The zero-order valence-electron chi connectivity index (χ0n) is 16.1. The van der Waals surface area contributed by atoms with Gasteiger partial charge in [-0.2, -0.15) is 13.2 Å². The van der Waals surface area contributed by atoms with Gasteiger partial charge >= 0.3 is 6.18 Å². The lowest BCUT2D eigenvalue weighted by molar-refractivity contribution is -0.137. The number of hydrogen-bond acceptors (Lipinski definition) is 2. The Balaban J connectivity index is 1.46. The molecule has 1 aromatic carbocycles. The average Bonchev–Trinajstić information content (AvgIpc) is 3.35. The molecular weight excluding hydrogens is 365 g/mol. The molecule has 7 heteroatoms. The summed E-state index contributed by atoms with van der Waals surface area (Å²) in [5, 5.41) is 6.55. The Morgan fingerprint density at radius 3 is 2.75 bits per heavy atom. The normalized spacial score (nSPS) is 21.4. The van der Waals surface area contributed by atoms with E-state index in [2.05, 4.69) is 32.4 Å². The van der Waals surface area contributed by atoms with Crippen LogP contribution in [0.1, 0.15) is 43.2 Å².